The predicted molar refractivity (Wildman–Crippen MR) is 72.9 cm³/mol. The zero-order valence-electron chi connectivity index (χ0n) is 10.1. The van der Waals surface area contributed by atoms with Crippen LogP contribution in [0.3, 0.4) is 0 Å². The maximum atomic E-state index is 12.3. The number of hydrogen-bond donors (Lipinski definition) is 0. The Bertz CT molecular complexity index is 686. The van der Waals surface area contributed by atoms with Gasteiger partial charge in [0.1, 0.15) is 18.1 Å². The summed E-state index contributed by atoms with van der Waals surface area (Å²) in [4.78, 5) is 0. The van der Waals surface area contributed by atoms with Crippen molar-refractivity contribution >= 4 is 22.1 Å². The monoisotopic (exact) mass is 316 g/mol. The fourth-order valence-corrected chi connectivity index (χ4v) is 2.05. The summed E-state index contributed by atoms with van der Waals surface area (Å²) < 4.78 is 42.4. The summed E-state index contributed by atoms with van der Waals surface area (Å²) in [7, 11) is -5.01. The zero-order valence-corrected chi connectivity index (χ0v) is 11.7. The van der Waals surface area contributed by atoms with E-state index < -0.39 is 10.5 Å². The van der Waals surface area contributed by atoms with E-state index >= 15 is 0 Å². The largest absolute Gasteiger partial charge is 0.489 e. The molecule has 0 bridgehead atoms. The molecular weight excluding hydrogens is 307 g/mol. The standard InChI is InChI=1S/C13H10ClFO4S/c14-11-3-1-2-10(8-11)9-18-12-4-6-13(7-5-12)19-20(15,16)17/h1-8H,9H2. The van der Waals surface area contributed by atoms with Gasteiger partial charge in [-0.1, -0.05) is 27.6 Å². The third-order valence-corrected chi connectivity index (χ3v) is 2.94. The zero-order chi connectivity index (χ0) is 14.6. The van der Waals surface area contributed by atoms with E-state index in [0.717, 1.165) is 5.56 Å². The Labute approximate surface area is 121 Å². The lowest BCUT2D eigenvalue weighted by Gasteiger charge is -2.07. The molecule has 0 aliphatic carbocycles. The van der Waals surface area contributed by atoms with Crippen molar-refractivity contribution in [3.05, 3.63) is 59.1 Å². The number of rotatable bonds is 5. The van der Waals surface area contributed by atoms with E-state index in [4.69, 9.17) is 16.3 Å². The van der Waals surface area contributed by atoms with Gasteiger partial charge < -0.3 is 8.92 Å². The molecule has 106 valence electrons. The second-order valence-electron chi connectivity index (χ2n) is 3.87. The average molecular weight is 317 g/mol. The van der Waals surface area contributed by atoms with Crippen LogP contribution in [0.5, 0.6) is 11.5 Å². The van der Waals surface area contributed by atoms with Gasteiger partial charge >= 0.3 is 10.5 Å². The van der Waals surface area contributed by atoms with Gasteiger partial charge in [-0.2, -0.15) is 8.42 Å². The van der Waals surface area contributed by atoms with Gasteiger partial charge in [-0.3, -0.25) is 0 Å². The highest BCUT2D eigenvalue weighted by atomic mass is 35.5. The van der Waals surface area contributed by atoms with E-state index in [-0.39, 0.29) is 5.75 Å². The van der Waals surface area contributed by atoms with Crippen molar-refractivity contribution in [3.8, 4) is 11.5 Å². The Kier molecular flexibility index (Phi) is 4.46. The van der Waals surface area contributed by atoms with Gasteiger partial charge in [0, 0.05) is 5.02 Å². The normalized spacial score (nSPS) is 11.1. The molecule has 2 aromatic carbocycles. The maximum absolute atomic E-state index is 12.3. The molecule has 0 aliphatic heterocycles. The molecule has 4 nitrogen and oxygen atoms in total. The molecule has 0 saturated carbocycles. The lowest BCUT2D eigenvalue weighted by molar-refractivity contribution is 0.306. The molecule has 0 radical (unpaired) electrons. The van der Waals surface area contributed by atoms with E-state index in [0.29, 0.717) is 17.4 Å². The Morgan fingerprint density at radius 3 is 2.30 bits per heavy atom. The first-order valence-corrected chi connectivity index (χ1v) is 7.22. The minimum absolute atomic E-state index is 0.123. The molecule has 0 spiro atoms. The van der Waals surface area contributed by atoms with Gasteiger partial charge in [-0.05, 0) is 42.0 Å². The predicted octanol–water partition coefficient (Wildman–Crippen LogP) is 3.51. The molecule has 20 heavy (non-hydrogen) atoms. The SMILES string of the molecule is O=S(=O)(F)Oc1ccc(OCc2cccc(Cl)c2)cc1. The van der Waals surface area contributed by atoms with Crippen LogP contribution in [0.25, 0.3) is 0 Å². The second kappa shape index (κ2) is 6.11. The fourth-order valence-electron chi connectivity index (χ4n) is 1.50. The highest BCUT2D eigenvalue weighted by molar-refractivity contribution is 7.81. The third-order valence-electron chi connectivity index (χ3n) is 2.31. The highest BCUT2D eigenvalue weighted by Gasteiger charge is 2.09. The molecular formula is C13H10ClFO4S. The van der Waals surface area contributed by atoms with Crippen LogP contribution in [0.15, 0.2) is 48.5 Å². The summed E-state index contributed by atoms with van der Waals surface area (Å²) in [6.07, 6.45) is 0. The van der Waals surface area contributed by atoms with Crippen molar-refractivity contribution in [2.24, 2.45) is 0 Å². The van der Waals surface area contributed by atoms with E-state index in [1.54, 1.807) is 12.1 Å². The summed E-state index contributed by atoms with van der Waals surface area (Å²) >= 11 is 5.84. The van der Waals surface area contributed by atoms with E-state index in [9.17, 15) is 12.3 Å². The molecule has 0 heterocycles. The summed E-state index contributed by atoms with van der Waals surface area (Å²) in [5.41, 5.74) is 0.893. The topological polar surface area (TPSA) is 52.6 Å². The van der Waals surface area contributed by atoms with Crippen LogP contribution in [0.4, 0.5) is 3.89 Å². The van der Waals surface area contributed by atoms with Crippen LogP contribution in [0.1, 0.15) is 5.56 Å². The summed E-state index contributed by atoms with van der Waals surface area (Å²) in [6.45, 7) is 0.308. The first-order valence-electron chi connectivity index (χ1n) is 5.54. The van der Waals surface area contributed by atoms with Crippen LogP contribution in [0, 0.1) is 0 Å². The third kappa shape index (κ3) is 4.71. The summed E-state index contributed by atoms with van der Waals surface area (Å²) in [6, 6.07) is 12.7. The van der Waals surface area contributed by atoms with Crippen molar-refractivity contribution in [1.29, 1.82) is 0 Å². The lowest BCUT2D eigenvalue weighted by atomic mass is 10.2. The molecule has 0 N–H and O–H groups in total. The first kappa shape index (κ1) is 14.6. The van der Waals surface area contributed by atoms with Gasteiger partial charge in [-0.15, -0.1) is 0 Å². The number of hydrogen-bond acceptors (Lipinski definition) is 4. The fraction of sp³-hybridized carbons (Fsp3) is 0.0769. The molecule has 0 atom stereocenters. The van der Waals surface area contributed by atoms with Gasteiger partial charge in [0.05, 0.1) is 0 Å². The number of benzene rings is 2. The summed E-state index contributed by atoms with van der Waals surface area (Å²) in [5.74, 6) is 0.371. The molecule has 0 aliphatic rings. The van der Waals surface area contributed by atoms with E-state index in [1.807, 2.05) is 12.1 Å². The van der Waals surface area contributed by atoms with Gasteiger partial charge in [0.2, 0.25) is 0 Å². The van der Waals surface area contributed by atoms with Crippen molar-refractivity contribution in [2.45, 2.75) is 6.61 Å². The van der Waals surface area contributed by atoms with E-state index in [2.05, 4.69) is 4.18 Å². The molecule has 0 saturated heterocycles. The van der Waals surface area contributed by atoms with Gasteiger partial charge in [0.25, 0.3) is 0 Å². The minimum Gasteiger partial charge on any atom is -0.489 e. The molecule has 0 unspecified atom stereocenters. The lowest BCUT2D eigenvalue weighted by Crippen LogP contribution is -2.01. The molecule has 2 rings (SSSR count). The average Bonchev–Trinajstić information content (AvgIpc) is 2.36. The van der Waals surface area contributed by atoms with Crippen molar-refractivity contribution in [3.63, 3.8) is 0 Å². The van der Waals surface area contributed by atoms with Crippen LogP contribution < -0.4 is 8.92 Å². The maximum Gasteiger partial charge on any atom is 0.488 e. The second-order valence-corrected chi connectivity index (χ2v) is 5.26. The Balaban J connectivity index is 1.97. The molecule has 0 aromatic heterocycles. The van der Waals surface area contributed by atoms with Crippen LogP contribution in [-0.2, 0) is 17.1 Å². The molecule has 0 amide bonds. The van der Waals surface area contributed by atoms with Crippen LogP contribution >= 0.6 is 11.6 Å². The van der Waals surface area contributed by atoms with Crippen LogP contribution in [0.2, 0.25) is 5.02 Å². The van der Waals surface area contributed by atoms with Crippen molar-refractivity contribution in [2.75, 3.05) is 0 Å². The van der Waals surface area contributed by atoms with Crippen molar-refractivity contribution < 1.29 is 21.2 Å². The smallest absolute Gasteiger partial charge is 0.488 e. The quantitative estimate of drug-likeness (QED) is 0.792. The number of halogens is 2. The number of ether oxygens (including phenoxy) is 1. The minimum atomic E-state index is -5.01. The van der Waals surface area contributed by atoms with Crippen molar-refractivity contribution in [1.82, 2.24) is 0 Å². The van der Waals surface area contributed by atoms with E-state index in [1.165, 1.54) is 24.3 Å². The van der Waals surface area contributed by atoms with Crippen LogP contribution in [-0.4, -0.2) is 8.42 Å². The Morgan fingerprint density at radius 1 is 1.05 bits per heavy atom. The summed E-state index contributed by atoms with van der Waals surface area (Å²) in [5, 5.41) is 0.614. The Hall–Kier alpha value is -1.79. The molecule has 7 heteroatoms. The Morgan fingerprint density at radius 2 is 1.70 bits per heavy atom. The first-order chi connectivity index (χ1) is 9.42. The highest BCUT2D eigenvalue weighted by Crippen LogP contribution is 2.20. The van der Waals surface area contributed by atoms with Gasteiger partial charge in [-0.25, -0.2) is 0 Å². The van der Waals surface area contributed by atoms with Gasteiger partial charge in [0.15, 0.2) is 0 Å². The molecule has 0 fully saturated rings. The molecule has 2 aromatic rings.